The van der Waals surface area contributed by atoms with Crippen molar-refractivity contribution >= 4 is 57.7 Å². The molecule has 3 N–H and O–H groups in total. The zero-order valence-corrected chi connectivity index (χ0v) is 20.0. The Hall–Kier alpha value is -5.58. The lowest BCUT2D eigenvalue weighted by atomic mass is 10.1. The molecule has 3 aromatic heterocycles. The first-order chi connectivity index (χ1) is 18.2. The summed E-state index contributed by atoms with van der Waals surface area (Å²) in [5.74, 6) is -0.541. The predicted molar refractivity (Wildman–Crippen MR) is 145 cm³/mol. The molecular formula is C27H20N6O5. The van der Waals surface area contributed by atoms with Crippen molar-refractivity contribution in [1.29, 1.82) is 0 Å². The van der Waals surface area contributed by atoms with E-state index in [1.165, 1.54) is 6.92 Å². The number of rotatable bonds is 2. The number of non-ortho nitro benzene ring substituents is 1. The van der Waals surface area contributed by atoms with Gasteiger partial charge >= 0.3 is 5.69 Å². The number of fused-ring (bicyclic) bond motifs is 8. The molecule has 11 nitrogen and oxygen atoms in total. The Morgan fingerprint density at radius 3 is 1.39 bits per heavy atom. The number of aromatic hydroxyl groups is 1. The summed E-state index contributed by atoms with van der Waals surface area (Å²) >= 11 is 0. The predicted octanol–water partition coefficient (Wildman–Crippen LogP) is 6.17. The number of phenols is 1. The van der Waals surface area contributed by atoms with Gasteiger partial charge in [-0.25, -0.2) is 9.97 Å². The summed E-state index contributed by atoms with van der Waals surface area (Å²) in [5, 5.41) is 29.9. The van der Waals surface area contributed by atoms with E-state index in [9.17, 15) is 25.3 Å². The highest BCUT2D eigenvalue weighted by atomic mass is 16.6. The number of hydrogen-bond acceptors (Lipinski definition) is 7. The van der Waals surface area contributed by atoms with Crippen LogP contribution in [0, 0.1) is 27.2 Å². The number of nitrogens with zero attached hydrogens (tertiary/aromatic N) is 4. The molecule has 188 valence electrons. The van der Waals surface area contributed by atoms with Crippen LogP contribution in [-0.2, 0) is 0 Å². The van der Waals surface area contributed by atoms with Gasteiger partial charge in [0.2, 0.25) is 0 Å². The second-order valence-corrected chi connectivity index (χ2v) is 8.55. The van der Waals surface area contributed by atoms with Crippen molar-refractivity contribution in [3.05, 3.63) is 109 Å². The molecule has 0 saturated heterocycles. The Balaban J connectivity index is 0.000000181. The summed E-state index contributed by atoms with van der Waals surface area (Å²) in [6.45, 7) is 1.36. The number of nitrogens with one attached hydrogen (secondary N) is 2. The van der Waals surface area contributed by atoms with E-state index in [1.807, 2.05) is 48.6 Å². The number of aromatic amines is 2. The molecule has 4 aromatic rings. The Morgan fingerprint density at radius 1 is 0.658 bits per heavy atom. The number of H-pyrrole nitrogens is 2. The van der Waals surface area contributed by atoms with E-state index in [1.54, 1.807) is 0 Å². The van der Waals surface area contributed by atoms with Gasteiger partial charge in [0.1, 0.15) is 0 Å². The molecule has 0 saturated carbocycles. The minimum Gasteiger partial charge on any atom is -0.502 e. The Morgan fingerprint density at radius 2 is 1.05 bits per heavy atom. The maximum absolute atomic E-state index is 10.4. The molecule has 0 unspecified atom stereocenters. The van der Waals surface area contributed by atoms with E-state index in [-0.39, 0.29) is 5.56 Å². The third-order valence-electron chi connectivity index (χ3n) is 5.71. The number of aromatic nitrogens is 4. The quantitative estimate of drug-likeness (QED) is 0.186. The fourth-order valence-electron chi connectivity index (χ4n) is 3.93. The van der Waals surface area contributed by atoms with Crippen LogP contribution in [0.1, 0.15) is 28.3 Å². The standard InChI is InChI=1S/C20H14N4.C7H6N2O5/c1-2-14-10-16-5-6-18(23-16)12-20-8-7-19(24-20)11-17-4-3-15(22-17)9-13(1)21-14;1-4-2-5(8(11)12)3-6(7(4)10)9(13)14/h1-12,21,24H;2-3,10H,1H3. The van der Waals surface area contributed by atoms with E-state index in [0.29, 0.717) is 0 Å². The normalized spacial score (nSPS) is 11.6. The number of benzene rings is 1. The fraction of sp³-hybridized carbons (Fsp3) is 0.0370. The van der Waals surface area contributed by atoms with Crippen LogP contribution < -0.4 is 0 Å². The molecule has 0 amide bonds. The van der Waals surface area contributed by atoms with Crippen LogP contribution in [-0.4, -0.2) is 34.9 Å². The molecule has 38 heavy (non-hydrogen) atoms. The van der Waals surface area contributed by atoms with Gasteiger partial charge in [-0.15, -0.1) is 0 Å². The molecule has 1 aromatic carbocycles. The summed E-state index contributed by atoms with van der Waals surface area (Å²) < 4.78 is 0. The van der Waals surface area contributed by atoms with Crippen molar-refractivity contribution in [3.8, 4) is 5.75 Å². The summed E-state index contributed by atoms with van der Waals surface area (Å²) in [6.07, 6.45) is 8.09. The van der Waals surface area contributed by atoms with Crippen LogP contribution in [0.3, 0.4) is 0 Å². The van der Waals surface area contributed by atoms with Gasteiger partial charge in [0.25, 0.3) is 5.69 Å². The first-order valence-electron chi connectivity index (χ1n) is 11.4. The first kappa shape index (κ1) is 24.1. The minimum absolute atomic E-state index is 0.103. The Bertz CT molecular complexity index is 1640. The van der Waals surface area contributed by atoms with Gasteiger partial charge in [0, 0.05) is 33.7 Å². The van der Waals surface area contributed by atoms with Crippen molar-refractivity contribution in [1.82, 2.24) is 19.9 Å². The lowest BCUT2D eigenvalue weighted by Gasteiger charge is -1.99. The largest absolute Gasteiger partial charge is 0.502 e. The number of phenolic OH excluding ortho intramolecular Hbond substituents is 1. The average molecular weight is 508 g/mol. The van der Waals surface area contributed by atoms with Gasteiger partial charge < -0.3 is 15.1 Å². The van der Waals surface area contributed by atoms with Gasteiger partial charge in [-0.3, -0.25) is 20.2 Å². The lowest BCUT2D eigenvalue weighted by molar-refractivity contribution is -0.394. The van der Waals surface area contributed by atoms with Gasteiger partial charge in [-0.2, -0.15) is 0 Å². The second-order valence-electron chi connectivity index (χ2n) is 8.55. The van der Waals surface area contributed by atoms with Crippen LogP contribution in [0.2, 0.25) is 0 Å². The summed E-state index contributed by atoms with van der Waals surface area (Å²) in [7, 11) is 0. The third kappa shape index (κ3) is 5.31. The number of nitro benzene ring substituents is 2. The fourth-order valence-corrected chi connectivity index (χ4v) is 3.93. The highest BCUT2D eigenvalue weighted by Crippen LogP contribution is 2.33. The maximum atomic E-state index is 10.4. The third-order valence-corrected chi connectivity index (χ3v) is 5.71. The summed E-state index contributed by atoms with van der Waals surface area (Å²) in [6, 6.07) is 18.2. The van der Waals surface area contributed by atoms with Crippen molar-refractivity contribution in [2.45, 2.75) is 6.92 Å². The topological polar surface area (TPSA) is 164 Å². The SMILES string of the molecule is C1=Cc2cc3ccc(cc4nc(cc5ccc(cc1n2)[nH]5)C=C4)[nH]3.Cc1cc([N+](=O)[O-])cc([N+](=O)[O-])c1O. The van der Waals surface area contributed by atoms with E-state index in [4.69, 9.17) is 0 Å². The molecule has 0 atom stereocenters. The number of hydrogen-bond donors (Lipinski definition) is 3. The maximum Gasteiger partial charge on any atom is 0.317 e. The van der Waals surface area contributed by atoms with E-state index < -0.39 is 27.0 Å². The van der Waals surface area contributed by atoms with Crippen molar-refractivity contribution < 1.29 is 15.0 Å². The molecule has 2 aliphatic rings. The molecule has 0 fully saturated rings. The van der Waals surface area contributed by atoms with E-state index in [2.05, 4.69) is 44.2 Å². The van der Waals surface area contributed by atoms with E-state index in [0.717, 1.165) is 57.0 Å². The molecule has 0 spiro atoms. The number of nitro groups is 2. The monoisotopic (exact) mass is 508 g/mol. The van der Waals surface area contributed by atoms with Gasteiger partial charge in [0.05, 0.1) is 38.7 Å². The van der Waals surface area contributed by atoms with Crippen molar-refractivity contribution in [3.63, 3.8) is 0 Å². The first-order valence-corrected chi connectivity index (χ1v) is 11.4. The van der Waals surface area contributed by atoms with Crippen molar-refractivity contribution in [2.24, 2.45) is 0 Å². The molecule has 8 bridgehead atoms. The molecular weight excluding hydrogens is 488 g/mol. The second kappa shape index (κ2) is 9.82. The molecule has 0 aliphatic carbocycles. The van der Waals surface area contributed by atoms with Crippen LogP contribution in [0.15, 0.2) is 60.7 Å². The van der Waals surface area contributed by atoms with Crippen LogP contribution >= 0.6 is 0 Å². The molecule has 6 rings (SSSR count). The van der Waals surface area contributed by atoms with E-state index >= 15 is 0 Å². The molecule has 11 heteroatoms. The molecule has 5 heterocycles. The smallest absolute Gasteiger partial charge is 0.317 e. The zero-order valence-electron chi connectivity index (χ0n) is 20.0. The summed E-state index contributed by atoms with van der Waals surface area (Å²) in [4.78, 5) is 35.1. The van der Waals surface area contributed by atoms with Crippen LogP contribution in [0.5, 0.6) is 5.75 Å². The van der Waals surface area contributed by atoms with Crippen LogP contribution in [0.4, 0.5) is 11.4 Å². The average Bonchev–Trinajstić information content (AvgIpc) is 3.67. The van der Waals surface area contributed by atoms with Gasteiger partial charge in [0.15, 0.2) is 5.75 Å². The van der Waals surface area contributed by atoms with Gasteiger partial charge in [-0.1, -0.05) is 0 Å². The highest BCUT2D eigenvalue weighted by molar-refractivity contribution is 5.77. The summed E-state index contributed by atoms with van der Waals surface area (Å²) in [5.41, 5.74) is 6.90. The lowest BCUT2D eigenvalue weighted by Crippen LogP contribution is -1.94. The number of aryl methyl sites for hydroxylation is 1. The zero-order chi connectivity index (χ0) is 26.8. The van der Waals surface area contributed by atoms with Crippen molar-refractivity contribution in [2.75, 3.05) is 0 Å². The Labute approximate surface area is 214 Å². The minimum atomic E-state index is -0.866. The van der Waals surface area contributed by atoms with Crippen LogP contribution in [0.25, 0.3) is 46.4 Å². The Kier molecular flexibility index (Phi) is 6.23. The molecule has 2 aliphatic heterocycles. The molecule has 0 radical (unpaired) electrons. The van der Waals surface area contributed by atoms with Gasteiger partial charge in [-0.05, 0) is 79.8 Å². The highest BCUT2D eigenvalue weighted by Gasteiger charge is 2.21.